The van der Waals surface area contributed by atoms with E-state index in [1.165, 1.54) is 20.8 Å². The van der Waals surface area contributed by atoms with Gasteiger partial charge in [-0.1, -0.05) is 0 Å². The van der Waals surface area contributed by atoms with Gasteiger partial charge in [0.05, 0.1) is 11.3 Å². The molecule has 9 heteroatoms. The van der Waals surface area contributed by atoms with Crippen molar-refractivity contribution < 1.29 is 28.6 Å². The Morgan fingerprint density at radius 3 is 2.50 bits per heavy atom. The van der Waals surface area contributed by atoms with Gasteiger partial charge in [-0.3, -0.25) is 14.4 Å². The van der Waals surface area contributed by atoms with Crippen LogP contribution in [0.5, 0.6) is 0 Å². The zero-order valence-electron chi connectivity index (χ0n) is 12.5. The van der Waals surface area contributed by atoms with E-state index in [0.29, 0.717) is 0 Å². The lowest BCUT2D eigenvalue weighted by molar-refractivity contribution is -0.175. The number of ether oxygens (including phenoxy) is 3. The van der Waals surface area contributed by atoms with Crippen LogP contribution < -0.4 is 5.32 Å². The van der Waals surface area contributed by atoms with Gasteiger partial charge in [0, 0.05) is 27.2 Å². The molecule has 1 N–H and O–H groups in total. The van der Waals surface area contributed by atoms with Crippen molar-refractivity contribution in [1.82, 2.24) is 5.32 Å². The molecule has 1 fully saturated rings. The highest BCUT2D eigenvalue weighted by Gasteiger charge is 2.41. The molecule has 0 aromatic carbocycles. The largest absolute Gasteiger partial charge is 0.463 e. The summed E-state index contributed by atoms with van der Waals surface area (Å²) in [5.74, 6) is -1.28. The molecule has 122 valence electrons. The van der Waals surface area contributed by atoms with Crippen LogP contribution in [0.15, 0.2) is 4.99 Å². The summed E-state index contributed by atoms with van der Waals surface area (Å²) in [6, 6.07) is -0.689. The first-order chi connectivity index (χ1) is 10.3. The summed E-state index contributed by atoms with van der Waals surface area (Å²) in [5, 5.41) is 4.81. The van der Waals surface area contributed by atoms with Crippen LogP contribution in [-0.2, 0) is 28.6 Å². The molecule has 1 aliphatic rings. The number of carbonyl (C=O) groups excluding carboxylic acids is 3. The van der Waals surface area contributed by atoms with E-state index in [1.807, 2.05) is 0 Å². The predicted octanol–water partition coefficient (Wildman–Crippen LogP) is 0.204. The van der Waals surface area contributed by atoms with Crippen LogP contribution in [0.25, 0.3) is 0 Å². The fourth-order valence-corrected chi connectivity index (χ4v) is 2.24. The predicted molar refractivity (Wildman–Crippen MR) is 78.1 cm³/mol. The Bertz CT molecular complexity index is 491. The van der Waals surface area contributed by atoms with Gasteiger partial charge in [-0.2, -0.15) is 4.99 Å². The lowest BCUT2D eigenvalue weighted by atomic mass is 9.99. The summed E-state index contributed by atoms with van der Waals surface area (Å²) < 4.78 is 15.7. The molecule has 1 amide bonds. The molecule has 0 aromatic heterocycles. The minimum Gasteiger partial charge on any atom is -0.463 e. The number of nitrogens with one attached hydrogen (secondary N) is 1. The van der Waals surface area contributed by atoms with Crippen molar-refractivity contribution in [2.75, 3.05) is 6.61 Å². The zero-order chi connectivity index (χ0) is 16.7. The Balaban J connectivity index is 2.92. The SMILES string of the molecule is CC(=O)N[C@@H]1[C@@H](OC(C)=O)C[C@@H](COC(C)=O)O[C@H]1N=C=S. The highest BCUT2D eigenvalue weighted by Crippen LogP contribution is 2.24. The van der Waals surface area contributed by atoms with Crippen molar-refractivity contribution in [2.45, 2.75) is 51.7 Å². The topological polar surface area (TPSA) is 103 Å². The van der Waals surface area contributed by atoms with Gasteiger partial charge in [0.1, 0.15) is 18.8 Å². The van der Waals surface area contributed by atoms with Crippen molar-refractivity contribution in [2.24, 2.45) is 4.99 Å². The average Bonchev–Trinajstić information content (AvgIpc) is 2.39. The second-order valence-corrected chi connectivity index (χ2v) is 4.96. The molecule has 8 nitrogen and oxygen atoms in total. The van der Waals surface area contributed by atoms with Crippen molar-refractivity contribution in [3.05, 3.63) is 0 Å². The fourth-order valence-electron chi connectivity index (χ4n) is 2.14. The summed E-state index contributed by atoms with van der Waals surface area (Å²) in [4.78, 5) is 37.3. The number of amides is 1. The molecule has 1 heterocycles. The molecule has 1 saturated heterocycles. The van der Waals surface area contributed by atoms with Crippen LogP contribution in [-0.4, -0.2) is 54.1 Å². The number of aliphatic imine (C=N–C) groups is 1. The molecule has 0 aromatic rings. The molecule has 0 radical (unpaired) electrons. The summed E-state index contributed by atoms with van der Waals surface area (Å²) in [6.45, 7) is 3.86. The van der Waals surface area contributed by atoms with E-state index in [4.69, 9.17) is 14.2 Å². The minimum atomic E-state index is -0.875. The Morgan fingerprint density at radius 1 is 1.32 bits per heavy atom. The van der Waals surface area contributed by atoms with Crippen LogP contribution in [0.4, 0.5) is 0 Å². The van der Waals surface area contributed by atoms with E-state index in [1.54, 1.807) is 0 Å². The molecule has 1 rings (SSSR count). The maximum Gasteiger partial charge on any atom is 0.302 e. The van der Waals surface area contributed by atoms with Crippen LogP contribution in [0.3, 0.4) is 0 Å². The normalized spacial score (nSPS) is 27.2. The summed E-state index contributed by atoms with van der Waals surface area (Å²) in [7, 11) is 0. The monoisotopic (exact) mass is 330 g/mol. The second-order valence-electron chi connectivity index (χ2n) is 4.78. The standard InChI is InChI=1S/C13H18N2O6S/c1-7(16)15-12-11(20-9(3)18)4-10(5-19-8(2)17)21-13(12)14-6-22/h10-13H,4-5H2,1-3H3,(H,15,16)/t10-,11-,12+,13+/m0/s1. The number of carbonyl (C=O) groups is 3. The maximum atomic E-state index is 11.3. The van der Waals surface area contributed by atoms with Crippen LogP contribution in [0, 0.1) is 0 Å². The third kappa shape index (κ3) is 5.88. The number of nitrogens with zero attached hydrogens (tertiary/aromatic N) is 1. The van der Waals surface area contributed by atoms with E-state index < -0.39 is 36.4 Å². The van der Waals surface area contributed by atoms with Gasteiger partial charge >= 0.3 is 11.9 Å². The third-order valence-electron chi connectivity index (χ3n) is 2.87. The first kappa shape index (κ1) is 18.2. The molecule has 1 aliphatic heterocycles. The summed E-state index contributed by atoms with van der Waals surface area (Å²) in [5.41, 5.74) is 0. The van der Waals surface area contributed by atoms with Crippen LogP contribution in [0.1, 0.15) is 27.2 Å². The molecular weight excluding hydrogens is 312 g/mol. The average molecular weight is 330 g/mol. The van der Waals surface area contributed by atoms with Crippen molar-refractivity contribution in [1.29, 1.82) is 0 Å². The van der Waals surface area contributed by atoms with Gasteiger partial charge in [0.2, 0.25) is 5.91 Å². The first-order valence-electron chi connectivity index (χ1n) is 6.63. The lowest BCUT2D eigenvalue weighted by Gasteiger charge is -2.39. The van der Waals surface area contributed by atoms with Gasteiger partial charge in [0.15, 0.2) is 6.23 Å². The Hall–Kier alpha value is -1.83. The molecule has 0 bridgehead atoms. The van der Waals surface area contributed by atoms with E-state index in [9.17, 15) is 14.4 Å². The van der Waals surface area contributed by atoms with Crippen LogP contribution in [0.2, 0.25) is 0 Å². The van der Waals surface area contributed by atoms with Gasteiger partial charge < -0.3 is 19.5 Å². The zero-order valence-corrected chi connectivity index (χ0v) is 13.3. The minimum absolute atomic E-state index is 0.0106. The highest BCUT2D eigenvalue weighted by atomic mass is 32.1. The van der Waals surface area contributed by atoms with E-state index in [-0.39, 0.29) is 18.9 Å². The second kappa shape index (κ2) is 8.57. The van der Waals surface area contributed by atoms with Gasteiger partial charge in [-0.05, 0) is 12.2 Å². The summed E-state index contributed by atoms with van der Waals surface area (Å²) in [6.07, 6.45) is -1.83. The molecule has 0 unspecified atom stereocenters. The Morgan fingerprint density at radius 2 is 2.00 bits per heavy atom. The maximum absolute atomic E-state index is 11.3. The number of isothiocyanates is 1. The van der Waals surface area contributed by atoms with Gasteiger partial charge in [-0.25, -0.2) is 0 Å². The number of esters is 2. The van der Waals surface area contributed by atoms with Gasteiger partial charge in [0.25, 0.3) is 0 Å². The number of hydrogen-bond donors (Lipinski definition) is 1. The Labute approximate surface area is 133 Å². The molecular formula is C13H18N2O6S. The first-order valence-corrected chi connectivity index (χ1v) is 7.04. The third-order valence-corrected chi connectivity index (χ3v) is 2.98. The van der Waals surface area contributed by atoms with Gasteiger partial charge in [-0.15, -0.1) is 0 Å². The molecule has 0 spiro atoms. The number of hydrogen-bond acceptors (Lipinski definition) is 8. The van der Waals surface area contributed by atoms with E-state index in [2.05, 4.69) is 27.7 Å². The molecule has 4 atom stereocenters. The Kier molecular flexibility index (Phi) is 7.10. The lowest BCUT2D eigenvalue weighted by Crippen LogP contribution is -2.58. The van der Waals surface area contributed by atoms with Crippen LogP contribution >= 0.6 is 12.2 Å². The number of rotatable bonds is 5. The molecule has 22 heavy (non-hydrogen) atoms. The summed E-state index contributed by atoms with van der Waals surface area (Å²) >= 11 is 4.57. The van der Waals surface area contributed by atoms with Crippen molar-refractivity contribution in [3.8, 4) is 0 Å². The quantitative estimate of drug-likeness (QED) is 0.436. The molecule has 0 aliphatic carbocycles. The fraction of sp³-hybridized carbons (Fsp3) is 0.692. The van der Waals surface area contributed by atoms with Crippen molar-refractivity contribution >= 4 is 35.2 Å². The number of thiocarbonyl (C=S) groups is 1. The highest BCUT2D eigenvalue weighted by molar-refractivity contribution is 7.78. The smallest absolute Gasteiger partial charge is 0.302 e. The molecule has 0 saturated carbocycles. The van der Waals surface area contributed by atoms with E-state index >= 15 is 0 Å². The van der Waals surface area contributed by atoms with E-state index in [0.717, 1.165) is 0 Å². The van der Waals surface area contributed by atoms with Crippen molar-refractivity contribution in [3.63, 3.8) is 0 Å².